The standard InChI is InChI=1S/C20H26/c1-13(2)15-7-9-19-17(11-15)5-6-18-12-16(14(3)4)8-10-20(18)19/h7-14,17,19H,5-6H2,1-4H3. The summed E-state index contributed by atoms with van der Waals surface area (Å²) in [6, 6.07) is 7.17. The minimum absolute atomic E-state index is 0.613. The first-order valence-corrected chi connectivity index (χ1v) is 8.09. The Morgan fingerprint density at radius 2 is 1.85 bits per heavy atom. The summed E-state index contributed by atoms with van der Waals surface area (Å²) in [6.07, 6.45) is 9.89. The Hall–Kier alpha value is -1.30. The van der Waals surface area contributed by atoms with Crippen LogP contribution in [0.25, 0.3) is 0 Å². The van der Waals surface area contributed by atoms with Gasteiger partial charge in [0.05, 0.1) is 0 Å². The average molecular weight is 266 g/mol. The first kappa shape index (κ1) is 13.7. The molecule has 2 aliphatic rings. The molecule has 0 N–H and O–H groups in total. The van der Waals surface area contributed by atoms with Crippen LogP contribution in [-0.4, -0.2) is 0 Å². The van der Waals surface area contributed by atoms with Crippen molar-refractivity contribution in [2.45, 2.75) is 52.4 Å². The van der Waals surface area contributed by atoms with Gasteiger partial charge in [0, 0.05) is 5.92 Å². The van der Waals surface area contributed by atoms with Crippen molar-refractivity contribution >= 4 is 0 Å². The molecule has 0 fully saturated rings. The lowest BCUT2D eigenvalue weighted by atomic mass is 9.71. The topological polar surface area (TPSA) is 0 Å². The van der Waals surface area contributed by atoms with Crippen LogP contribution in [0, 0.1) is 11.8 Å². The van der Waals surface area contributed by atoms with E-state index in [4.69, 9.17) is 0 Å². The van der Waals surface area contributed by atoms with Gasteiger partial charge in [-0.15, -0.1) is 0 Å². The van der Waals surface area contributed by atoms with Gasteiger partial charge in [-0.25, -0.2) is 0 Å². The lowest BCUT2D eigenvalue weighted by Crippen LogP contribution is -2.21. The summed E-state index contributed by atoms with van der Waals surface area (Å²) >= 11 is 0. The number of aryl methyl sites for hydroxylation is 1. The summed E-state index contributed by atoms with van der Waals surface area (Å²) in [5.41, 5.74) is 6.17. The van der Waals surface area contributed by atoms with Gasteiger partial charge in [0.15, 0.2) is 0 Å². The molecule has 0 heteroatoms. The highest BCUT2D eigenvalue weighted by Crippen LogP contribution is 2.42. The van der Waals surface area contributed by atoms with Crippen LogP contribution in [0.4, 0.5) is 0 Å². The maximum Gasteiger partial charge on any atom is 0.00870 e. The molecular weight excluding hydrogens is 240 g/mol. The van der Waals surface area contributed by atoms with Crippen molar-refractivity contribution < 1.29 is 0 Å². The summed E-state index contributed by atoms with van der Waals surface area (Å²) < 4.78 is 0. The Bertz CT molecular complexity index is 557. The van der Waals surface area contributed by atoms with Gasteiger partial charge in [-0.05, 0) is 52.9 Å². The van der Waals surface area contributed by atoms with Crippen LogP contribution >= 0.6 is 0 Å². The van der Waals surface area contributed by atoms with E-state index in [2.05, 4.69) is 64.1 Å². The van der Waals surface area contributed by atoms with E-state index in [1.807, 2.05) is 0 Å². The molecule has 1 aromatic carbocycles. The summed E-state index contributed by atoms with van der Waals surface area (Å²) in [5, 5.41) is 0. The lowest BCUT2D eigenvalue weighted by molar-refractivity contribution is 0.490. The second-order valence-electron chi connectivity index (χ2n) is 7.02. The van der Waals surface area contributed by atoms with Gasteiger partial charge < -0.3 is 0 Å². The fourth-order valence-electron chi connectivity index (χ4n) is 3.59. The van der Waals surface area contributed by atoms with Crippen LogP contribution in [0.2, 0.25) is 0 Å². The highest BCUT2D eigenvalue weighted by atomic mass is 14.3. The van der Waals surface area contributed by atoms with E-state index in [0.717, 1.165) is 5.92 Å². The predicted octanol–water partition coefficient (Wildman–Crippen LogP) is 5.61. The molecule has 0 saturated carbocycles. The van der Waals surface area contributed by atoms with Crippen LogP contribution < -0.4 is 0 Å². The third-order valence-corrected chi connectivity index (χ3v) is 4.97. The van der Waals surface area contributed by atoms with Crippen molar-refractivity contribution in [1.29, 1.82) is 0 Å². The van der Waals surface area contributed by atoms with E-state index < -0.39 is 0 Å². The summed E-state index contributed by atoms with van der Waals surface area (Å²) in [6.45, 7) is 9.15. The zero-order valence-electron chi connectivity index (χ0n) is 13.2. The molecule has 0 aromatic heterocycles. The Morgan fingerprint density at radius 3 is 2.55 bits per heavy atom. The van der Waals surface area contributed by atoms with Gasteiger partial charge in [0.25, 0.3) is 0 Å². The zero-order chi connectivity index (χ0) is 14.3. The van der Waals surface area contributed by atoms with E-state index in [9.17, 15) is 0 Å². The van der Waals surface area contributed by atoms with Crippen molar-refractivity contribution in [3.8, 4) is 0 Å². The van der Waals surface area contributed by atoms with Gasteiger partial charge in [-0.3, -0.25) is 0 Å². The number of rotatable bonds is 2. The molecule has 2 atom stereocenters. The molecule has 0 spiro atoms. The second-order valence-corrected chi connectivity index (χ2v) is 7.02. The van der Waals surface area contributed by atoms with Gasteiger partial charge >= 0.3 is 0 Å². The molecule has 106 valence electrons. The van der Waals surface area contributed by atoms with E-state index >= 15 is 0 Å². The van der Waals surface area contributed by atoms with Gasteiger partial charge in [0.1, 0.15) is 0 Å². The molecule has 2 aliphatic carbocycles. The predicted molar refractivity (Wildman–Crippen MR) is 87.1 cm³/mol. The van der Waals surface area contributed by atoms with E-state index in [1.54, 1.807) is 11.1 Å². The SMILES string of the molecule is CC(C)C1=CC2CCc3cc(C(C)C)ccc3C2C=C1. The van der Waals surface area contributed by atoms with Crippen LogP contribution in [0.3, 0.4) is 0 Å². The van der Waals surface area contributed by atoms with Crippen molar-refractivity contribution in [3.05, 3.63) is 58.7 Å². The van der Waals surface area contributed by atoms with Gasteiger partial charge in [-0.2, -0.15) is 0 Å². The number of fused-ring (bicyclic) bond motifs is 3. The highest BCUT2D eigenvalue weighted by Gasteiger charge is 2.29. The van der Waals surface area contributed by atoms with E-state index in [-0.39, 0.29) is 0 Å². The molecule has 0 radical (unpaired) electrons. The Morgan fingerprint density at radius 1 is 1.05 bits per heavy atom. The van der Waals surface area contributed by atoms with E-state index in [1.165, 1.54) is 24.0 Å². The van der Waals surface area contributed by atoms with Crippen LogP contribution in [0.15, 0.2) is 42.0 Å². The summed E-state index contributed by atoms with van der Waals surface area (Å²) in [7, 11) is 0. The van der Waals surface area contributed by atoms with Crippen molar-refractivity contribution in [3.63, 3.8) is 0 Å². The van der Waals surface area contributed by atoms with Gasteiger partial charge in [0.2, 0.25) is 0 Å². The number of hydrogen-bond acceptors (Lipinski definition) is 0. The molecule has 20 heavy (non-hydrogen) atoms. The molecule has 3 rings (SSSR count). The summed E-state index contributed by atoms with van der Waals surface area (Å²) in [5.74, 6) is 2.61. The zero-order valence-corrected chi connectivity index (χ0v) is 13.2. The Balaban J connectivity index is 1.93. The molecule has 0 nitrogen and oxygen atoms in total. The number of allylic oxidation sites excluding steroid dienone is 4. The molecule has 0 amide bonds. The van der Waals surface area contributed by atoms with Gasteiger partial charge in [-0.1, -0.05) is 64.1 Å². The minimum atomic E-state index is 0.613. The summed E-state index contributed by atoms with van der Waals surface area (Å²) in [4.78, 5) is 0. The molecule has 2 unspecified atom stereocenters. The van der Waals surface area contributed by atoms with Crippen molar-refractivity contribution in [2.75, 3.05) is 0 Å². The molecule has 0 saturated heterocycles. The van der Waals surface area contributed by atoms with Crippen LogP contribution in [0.1, 0.15) is 62.6 Å². The maximum absolute atomic E-state index is 2.54. The van der Waals surface area contributed by atoms with Crippen molar-refractivity contribution in [1.82, 2.24) is 0 Å². The minimum Gasteiger partial charge on any atom is -0.0770 e. The third-order valence-electron chi connectivity index (χ3n) is 4.97. The van der Waals surface area contributed by atoms with E-state index in [0.29, 0.717) is 17.8 Å². The normalized spacial score (nSPS) is 24.6. The molecule has 1 aromatic rings. The largest absolute Gasteiger partial charge is 0.0770 e. The second kappa shape index (κ2) is 5.24. The first-order chi connectivity index (χ1) is 9.56. The lowest BCUT2D eigenvalue weighted by Gasteiger charge is -2.34. The fraction of sp³-hybridized carbons (Fsp3) is 0.500. The quantitative estimate of drug-likeness (QED) is 0.653. The smallest absolute Gasteiger partial charge is 0.00870 e. The first-order valence-electron chi connectivity index (χ1n) is 8.09. The molecular formula is C20H26. The monoisotopic (exact) mass is 266 g/mol. The fourth-order valence-corrected chi connectivity index (χ4v) is 3.59. The molecule has 0 aliphatic heterocycles. The van der Waals surface area contributed by atoms with Crippen LogP contribution in [-0.2, 0) is 6.42 Å². The number of benzene rings is 1. The van der Waals surface area contributed by atoms with Crippen LogP contribution in [0.5, 0.6) is 0 Å². The highest BCUT2D eigenvalue weighted by molar-refractivity contribution is 5.44. The Labute approximate surface area is 123 Å². The van der Waals surface area contributed by atoms with Crippen molar-refractivity contribution in [2.24, 2.45) is 11.8 Å². The average Bonchev–Trinajstić information content (AvgIpc) is 2.45. The molecule has 0 heterocycles. The third kappa shape index (κ3) is 2.37. The Kier molecular flexibility index (Phi) is 3.58. The molecule has 0 bridgehead atoms. The number of hydrogen-bond donors (Lipinski definition) is 0. The maximum atomic E-state index is 2.54.